The van der Waals surface area contributed by atoms with Crippen molar-refractivity contribution in [2.75, 3.05) is 13.2 Å². The molecule has 0 radical (unpaired) electrons. The molecular weight excluding hydrogens is 272 g/mol. The smallest absolute Gasteiger partial charge is 0.318 e. The number of nitrogens with zero attached hydrogens (tertiary/aromatic N) is 1. The fraction of sp³-hybridized carbons (Fsp3) is 0.867. The fourth-order valence-corrected chi connectivity index (χ4v) is 3.38. The highest BCUT2D eigenvalue weighted by molar-refractivity contribution is 5.77. The van der Waals surface area contributed by atoms with Gasteiger partial charge in [-0.15, -0.1) is 0 Å². The van der Waals surface area contributed by atoms with E-state index in [0.717, 1.165) is 44.9 Å². The minimum Gasteiger partial charge on any atom is -0.481 e. The van der Waals surface area contributed by atoms with Crippen LogP contribution in [-0.4, -0.2) is 51.8 Å². The zero-order chi connectivity index (χ0) is 15.3. The molecule has 0 aromatic heterocycles. The van der Waals surface area contributed by atoms with Crippen molar-refractivity contribution in [3.63, 3.8) is 0 Å². The molecule has 2 rings (SSSR count). The van der Waals surface area contributed by atoms with Crippen molar-refractivity contribution in [2.45, 2.75) is 69.4 Å². The Morgan fingerprint density at radius 2 is 1.86 bits per heavy atom. The lowest BCUT2D eigenvalue weighted by Gasteiger charge is -2.40. The third kappa shape index (κ3) is 4.09. The van der Waals surface area contributed by atoms with Crippen molar-refractivity contribution in [1.82, 2.24) is 10.2 Å². The Labute approximate surface area is 125 Å². The van der Waals surface area contributed by atoms with Crippen LogP contribution >= 0.6 is 0 Å². The second kappa shape index (κ2) is 7.11. The van der Waals surface area contributed by atoms with E-state index in [1.165, 1.54) is 0 Å². The SMILES string of the molecule is O=C(O)CC1(NC(=O)N(CCCO)C2CCC2)CCCC1. The Bertz CT molecular complexity index is 376. The maximum Gasteiger partial charge on any atom is 0.318 e. The lowest BCUT2D eigenvalue weighted by Crippen LogP contribution is -2.56. The summed E-state index contributed by atoms with van der Waals surface area (Å²) in [6, 6.07) is 0.0936. The molecule has 6 nitrogen and oxygen atoms in total. The topological polar surface area (TPSA) is 89.9 Å². The number of carbonyl (C=O) groups excluding carboxylic acids is 1. The van der Waals surface area contributed by atoms with Crippen LogP contribution in [0.1, 0.15) is 57.8 Å². The van der Waals surface area contributed by atoms with E-state index in [4.69, 9.17) is 10.2 Å². The molecule has 0 aromatic carbocycles. The second-order valence-corrected chi connectivity index (χ2v) is 6.34. The van der Waals surface area contributed by atoms with Crippen LogP contribution in [0.4, 0.5) is 4.79 Å². The average Bonchev–Trinajstić information content (AvgIpc) is 2.78. The molecule has 0 heterocycles. The highest BCUT2D eigenvalue weighted by Gasteiger charge is 2.39. The van der Waals surface area contributed by atoms with Gasteiger partial charge in [0.05, 0.1) is 12.0 Å². The Morgan fingerprint density at radius 1 is 1.19 bits per heavy atom. The normalized spacial score (nSPS) is 20.8. The number of rotatable bonds is 7. The van der Waals surface area contributed by atoms with Crippen LogP contribution in [0.2, 0.25) is 0 Å². The predicted molar refractivity (Wildman–Crippen MR) is 78.0 cm³/mol. The summed E-state index contributed by atoms with van der Waals surface area (Å²) in [5, 5.41) is 21.1. The number of aliphatic carboxylic acids is 1. The quantitative estimate of drug-likeness (QED) is 0.667. The number of aliphatic hydroxyl groups is 1. The van der Waals surface area contributed by atoms with Crippen LogP contribution in [0, 0.1) is 0 Å². The average molecular weight is 298 g/mol. The van der Waals surface area contributed by atoms with E-state index >= 15 is 0 Å². The fourth-order valence-electron chi connectivity index (χ4n) is 3.38. The van der Waals surface area contributed by atoms with Gasteiger partial charge in [0.15, 0.2) is 0 Å². The minimum atomic E-state index is -0.859. The van der Waals surface area contributed by atoms with Crippen LogP contribution in [0.25, 0.3) is 0 Å². The molecule has 2 aliphatic carbocycles. The summed E-state index contributed by atoms with van der Waals surface area (Å²) in [6.45, 7) is 0.604. The summed E-state index contributed by atoms with van der Waals surface area (Å²) in [4.78, 5) is 25.4. The highest BCUT2D eigenvalue weighted by Crippen LogP contribution is 2.33. The van der Waals surface area contributed by atoms with E-state index < -0.39 is 11.5 Å². The predicted octanol–water partition coefficient (Wildman–Crippen LogP) is 1.72. The number of urea groups is 1. The number of carboxylic acids is 1. The van der Waals surface area contributed by atoms with Crippen LogP contribution in [0.3, 0.4) is 0 Å². The Hall–Kier alpha value is -1.30. The lowest BCUT2D eigenvalue weighted by atomic mass is 9.90. The first-order valence-electron chi connectivity index (χ1n) is 7.98. The maximum atomic E-state index is 12.6. The molecule has 0 aliphatic heterocycles. The summed E-state index contributed by atoms with van der Waals surface area (Å²) >= 11 is 0. The van der Waals surface area contributed by atoms with Crippen molar-refractivity contribution in [2.24, 2.45) is 0 Å². The van der Waals surface area contributed by atoms with E-state index in [1.807, 2.05) is 0 Å². The number of hydrogen-bond donors (Lipinski definition) is 3. The molecule has 0 bridgehead atoms. The molecule has 0 unspecified atom stereocenters. The van der Waals surface area contributed by atoms with Gasteiger partial charge < -0.3 is 20.4 Å². The summed E-state index contributed by atoms with van der Waals surface area (Å²) < 4.78 is 0. The van der Waals surface area contributed by atoms with E-state index in [9.17, 15) is 9.59 Å². The second-order valence-electron chi connectivity index (χ2n) is 6.34. The van der Waals surface area contributed by atoms with E-state index in [0.29, 0.717) is 13.0 Å². The van der Waals surface area contributed by atoms with E-state index in [1.54, 1.807) is 4.90 Å². The molecule has 2 fully saturated rings. The zero-order valence-corrected chi connectivity index (χ0v) is 12.5. The number of amides is 2. The van der Waals surface area contributed by atoms with Crippen LogP contribution in [0.5, 0.6) is 0 Å². The summed E-state index contributed by atoms with van der Waals surface area (Å²) in [6.07, 6.45) is 7.12. The first kappa shape index (κ1) is 16.1. The largest absolute Gasteiger partial charge is 0.481 e. The Morgan fingerprint density at radius 3 is 2.33 bits per heavy atom. The van der Waals surface area contributed by atoms with Crippen molar-refractivity contribution >= 4 is 12.0 Å². The van der Waals surface area contributed by atoms with Gasteiger partial charge in [0.1, 0.15) is 0 Å². The van der Waals surface area contributed by atoms with Crippen molar-refractivity contribution in [1.29, 1.82) is 0 Å². The molecule has 2 saturated carbocycles. The molecule has 3 N–H and O–H groups in total. The van der Waals surface area contributed by atoms with Gasteiger partial charge in [-0.05, 0) is 38.5 Å². The molecule has 0 aromatic rings. The molecule has 0 atom stereocenters. The summed E-state index contributed by atoms with van der Waals surface area (Å²) in [7, 11) is 0. The molecule has 2 aliphatic rings. The van der Waals surface area contributed by atoms with Gasteiger partial charge in [0.25, 0.3) is 0 Å². The molecule has 21 heavy (non-hydrogen) atoms. The molecule has 0 spiro atoms. The number of carbonyl (C=O) groups is 2. The van der Waals surface area contributed by atoms with Gasteiger partial charge in [-0.3, -0.25) is 4.79 Å². The van der Waals surface area contributed by atoms with Crippen LogP contribution in [0.15, 0.2) is 0 Å². The van der Waals surface area contributed by atoms with Crippen molar-refractivity contribution in [3.8, 4) is 0 Å². The van der Waals surface area contributed by atoms with Gasteiger partial charge in [-0.1, -0.05) is 12.8 Å². The van der Waals surface area contributed by atoms with Crippen LogP contribution < -0.4 is 5.32 Å². The van der Waals surface area contributed by atoms with Gasteiger partial charge in [0.2, 0.25) is 0 Å². The molecule has 6 heteroatoms. The van der Waals surface area contributed by atoms with Crippen molar-refractivity contribution in [3.05, 3.63) is 0 Å². The summed E-state index contributed by atoms with van der Waals surface area (Å²) in [5.74, 6) is -0.859. The zero-order valence-electron chi connectivity index (χ0n) is 12.5. The van der Waals surface area contributed by atoms with Crippen LogP contribution in [-0.2, 0) is 4.79 Å². The number of hydrogen-bond acceptors (Lipinski definition) is 3. The van der Waals surface area contributed by atoms with Gasteiger partial charge in [-0.25, -0.2) is 4.79 Å². The number of aliphatic hydroxyl groups excluding tert-OH is 1. The van der Waals surface area contributed by atoms with E-state index in [-0.39, 0.29) is 25.1 Å². The van der Waals surface area contributed by atoms with Gasteiger partial charge >= 0.3 is 12.0 Å². The lowest BCUT2D eigenvalue weighted by molar-refractivity contribution is -0.138. The highest BCUT2D eigenvalue weighted by atomic mass is 16.4. The monoisotopic (exact) mass is 298 g/mol. The van der Waals surface area contributed by atoms with Gasteiger partial charge in [-0.2, -0.15) is 0 Å². The minimum absolute atomic E-state index is 0.00273. The Kier molecular flexibility index (Phi) is 5.45. The number of carboxylic acid groups (broad SMARTS) is 1. The first-order chi connectivity index (χ1) is 10.1. The molecule has 120 valence electrons. The standard InChI is InChI=1S/C15H26N2O4/c18-10-4-9-17(12-5-3-6-12)14(21)16-15(11-13(19)20)7-1-2-8-15/h12,18H,1-11H2,(H,16,21)(H,19,20). The molecular formula is C15H26N2O4. The number of nitrogens with one attached hydrogen (secondary N) is 1. The summed E-state index contributed by atoms with van der Waals surface area (Å²) in [5.41, 5.74) is -0.579. The third-order valence-electron chi connectivity index (χ3n) is 4.76. The van der Waals surface area contributed by atoms with E-state index in [2.05, 4.69) is 5.32 Å². The van der Waals surface area contributed by atoms with Crippen molar-refractivity contribution < 1.29 is 19.8 Å². The Balaban J connectivity index is 1.99. The molecule has 0 saturated heterocycles. The molecule has 2 amide bonds. The maximum absolute atomic E-state index is 12.6. The van der Waals surface area contributed by atoms with Gasteiger partial charge in [0, 0.05) is 19.2 Å². The first-order valence-corrected chi connectivity index (χ1v) is 7.98. The third-order valence-corrected chi connectivity index (χ3v) is 4.76.